The number of primary amides is 1. The summed E-state index contributed by atoms with van der Waals surface area (Å²) in [6.07, 6.45) is 2.47. The molecule has 1 aliphatic rings. The highest BCUT2D eigenvalue weighted by Crippen LogP contribution is 2.29. The van der Waals surface area contributed by atoms with Gasteiger partial charge in [0.1, 0.15) is 11.6 Å². The minimum Gasteiger partial charge on any atom is -0.438 e. The number of nitrogens with two attached hydrogens (primary N) is 1. The van der Waals surface area contributed by atoms with Crippen molar-refractivity contribution in [3.05, 3.63) is 59.3 Å². The van der Waals surface area contributed by atoms with Crippen LogP contribution < -0.4 is 25.4 Å². The number of pyridine rings is 1. The molecule has 0 radical (unpaired) electrons. The van der Waals surface area contributed by atoms with Crippen LogP contribution in [0, 0.1) is 25.2 Å². The smallest absolute Gasteiger partial charge is 0.411 e. The van der Waals surface area contributed by atoms with Gasteiger partial charge in [0, 0.05) is 37.5 Å². The second kappa shape index (κ2) is 10.0. The number of benzene rings is 1. The van der Waals surface area contributed by atoms with Gasteiger partial charge in [-0.1, -0.05) is 6.07 Å². The van der Waals surface area contributed by atoms with Gasteiger partial charge < -0.3 is 25.4 Å². The first-order valence-electron chi connectivity index (χ1n) is 10.9. The van der Waals surface area contributed by atoms with Crippen molar-refractivity contribution in [2.24, 2.45) is 5.73 Å². The van der Waals surface area contributed by atoms with Crippen molar-refractivity contribution in [1.29, 1.82) is 5.26 Å². The summed E-state index contributed by atoms with van der Waals surface area (Å²) in [5.41, 5.74) is 7.41. The summed E-state index contributed by atoms with van der Waals surface area (Å²) >= 11 is 0. The zero-order valence-corrected chi connectivity index (χ0v) is 19.0. The number of nitriles is 1. The molecule has 0 bridgehead atoms. The van der Waals surface area contributed by atoms with E-state index < -0.39 is 6.09 Å². The molecule has 34 heavy (non-hydrogen) atoms. The van der Waals surface area contributed by atoms with Crippen LogP contribution in [0.15, 0.2) is 42.6 Å². The zero-order valence-electron chi connectivity index (χ0n) is 19.0. The fourth-order valence-corrected chi connectivity index (χ4v) is 3.92. The highest BCUT2D eigenvalue weighted by molar-refractivity contribution is 5.67. The van der Waals surface area contributed by atoms with Crippen molar-refractivity contribution >= 4 is 17.9 Å². The number of nitrogens with one attached hydrogen (secondary N) is 1. The van der Waals surface area contributed by atoms with Crippen LogP contribution in [-0.2, 0) is 0 Å². The number of carbonyl (C=O) groups is 1. The van der Waals surface area contributed by atoms with Crippen LogP contribution in [0.1, 0.15) is 29.5 Å². The van der Waals surface area contributed by atoms with Crippen LogP contribution in [-0.4, -0.2) is 40.2 Å². The van der Waals surface area contributed by atoms with Crippen molar-refractivity contribution in [2.45, 2.75) is 32.7 Å². The van der Waals surface area contributed by atoms with Crippen LogP contribution in [0.2, 0.25) is 0 Å². The van der Waals surface area contributed by atoms with Crippen molar-refractivity contribution in [2.75, 3.05) is 23.3 Å². The maximum absolute atomic E-state index is 11.0. The number of anilines is 2. The van der Waals surface area contributed by atoms with Gasteiger partial charge in [-0.25, -0.2) is 9.78 Å². The molecule has 0 saturated carbocycles. The highest BCUT2D eigenvalue weighted by Gasteiger charge is 2.21. The normalized spacial score (nSPS) is 13.7. The number of aryl methyl sites for hydroxylation is 2. The minimum atomic E-state index is -0.886. The van der Waals surface area contributed by atoms with E-state index in [1.54, 1.807) is 36.5 Å². The van der Waals surface area contributed by atoms with Crippen LogP contribution in [0.5, 0.6) is 17.5 Å². The monoisotopic (exact) mass is 459 g/mol. The van der Waals surface area contributed by atoms with E-state index in [-0.39, 0.29) is 11.9 Å². The lowest BCUT2D eigenvalue weighted by Crippen LogP contribution is -2.39. The van der Waals surface area contributed by atoms with Gasteiger partial charge in [0.05, 0.1) is 11.6 Å². The SMILES string of the molecule is Cc1cc(C#N)cc(C)c1Oc1ccnc(NC2CCN(c3cccc(OC(N)=O)n3)CC2)n1. The maximum atomic E-state index is 11.0. The molecule has 0 unspecified atom stereocenters. The molecule has 10 nitrogen and oxygen atoms in total. The number of ether oxygens (including phenoxy) is 2. The van der Waals surface area contributed by atoms with Crippen molar-refractivity contribution < 1.29 is 14.3 Å². The number of rotatable bonds is 6. The molecule has 3 aromatic rings. The lowest BCUT2D eigenvalue weighted by Gasteiger charge is -2.33. The van der Waals surface area contributed by atoms with E-state index in [2.05, 4.69) is 31.2 Å². The fraction of sp³-hybridized carbons (Fsp3) is 0.292. The van der Waals surface area contributed by atoms with E-state index in [9.17, 15) is 4.79 Å². The molecule has 4 rings (SSSR count). The topological polar surface area (TPSA) is 139 Å². The number of hydrogen-bond donors (Lipinski definition) is 2. The fourth-order valence-electron chi connectivity index (χ4n) is 3.92. The van der Waals surface area contributed by atoms with E-state index in [1.807, 2.05) is 19.9 Å². The summed E-state index contributed by atoms with van der Waals surface area (Å²) in [5.74, 6) is 2.53. The molecule has 0 atom stereocenters. The second-order valence-electron chi connectivity index (χ2n) is 8.03. The quantitative estimate of drug-likeness (QED) is 0.565. The van der Waals surface area contributed by atoms with Crippen LogP contribution >= 0.6 is 0 Å². The summed E-state index contributed by atoms with van der Waals surface area (Å²) < 4.78 is 10.9. The molecule has 0 aliphatic carbocycles. The third-order valence-corrected chi connectivity index (χ3v) is 5.49. The molecular weight excluding hydrogens is 434 g/mol. The average molecular weight is 460 g/mol. The third kappa shape index (κ3) is 5.50. The first-order valence-corrected chi connectivity index (χ1v) is 10.9. The Kier molecular flexibility index (Phi) is 6.73. The Labute approximate surface area is 197 Å². The summed E-state index contributed by atoms with van der Waals surface area (Å²) in [6.45, 7) is 5.35. The minimum absolute atomic E-state index is 0.184. The van der Waals surface area contributed by atoms with Gasteiger partial charge in [-0.15, -0.1) is 0 Å². The third-order valence-electron chi connectivity index (χ3n) is 5.49. The summed E-state index contributed by atoms with van der Waals surface area (Å²) in [6, 6.07) is 12.9. The molecule has 1 saturated heterocycles. The lowest BCUT2D eigenvalue weighted by atomic mass is 10.1. The molecule has 0 spiro atoms. The number of hydrogen-bond acceptors (Lipinski definition) is 9. The second-order valence-corrected chi connectivity index (χ2v) is 8.03. The van der Waals surface area contributed by atoms with Gasteiger partial charge in [-0.05, 0) is 56.0 Å². The first kappa shape index (κ1) is 22.8. The van der Waals surface area contributed by atoms with Gasteiger partial charge in [-0.2, -0.15) is 15.2 Å². The Balaban J connectivity index is 1.37. The van der Waals surface area contributed by atoms with Crippen molar-refractivity contribution in [3.63, 3.8) is 0 Å². The number of amides is 1. The molecule has 3 N–H and O–H groups in total. The molecule has 10 heteroatoms. The Hall–Kier alpha value is -4.39. The number of piperidine rings is 1. The first-order chi connectivity index (χ1) is 16.4. The van der Waals surface area contributed by atoms with Gasteiger partial charge in [0.2, 0.25) is 17.7 Å². The van der Waals surface area contributed by atoms with Crippen LogP contribution in [0.3, 0.4) is 0 Å². The molecule has 1 aliphatic heterocycles. The van der Waals surface area contributed by atoms with Gasteiger partial charge in [0.25, 0.3) is 0 Å². The van der Waals surface area contributed by atoms with Crippen LogP contribution in [0.25, 0.3) is 0 Å². The van der Waals surface area contributed by atoms with Crippen LogP contribution in [0.4, 0.5) is 16.6 Å². The Bertz CT molecular complexity index is 1210. The largest absolute Gasteiger partial charge is 0.438 e. The maximum Gasteiger partial charge on any atom is 0.411 e. The molecule has 174 valence electrons. The number of aromatic nitrogens is 3. The van der Waals surface area contributed by atoms with Crippen molar-refractivity contribution in [3.8, 4) is 23.6 Å². The zero-order chi connectivity index (χ0) is 24.1. The summed E-state index contributed by atoms with van der Waals surface area (Å²) in [5, 5.41) is 12.5. The standard InChI is InChI=1S/C24H25N7O3/c1-15-12-17(14-25)13-16(2)22(15)33-21-6-9-27-24(30-21)28-18-7-10-31(11-8-18)19-4-3-5-20(29-19)34-23(26)32/h3-6,9,12-13,18H,7-8,10-11H2,1-2H3,(H2,26,32)(H,27,28,30). The molecule has 2 aromatic heterocycles. The Morgan fingerprint density at radius 3 is 2.56 bits per heavy atom. The molecule has 1 fully saturated rings. The van der Waals surface area contributed by atoms with E-state index in [0.717, 1.165) is 42.9 Å². The molecule has 3 heterocycles. The van der Waals surface area contributed by atoms with E-state index >= 15 is 0 Å². The van der Waals surface area contributed by atoms with E-state index in [4.69, 9.17) is 20.5 Å². The lowest BCUT2D eigenvalue weighted by molar-refractivity contribution is 0.209. The van der Waals surface area contributed by atoms with E-state index in [1.165, 1.54) is 0 Å². The Morgan fingerprint density at radius 1 is 1.15 bits per heavy atom. The average Bonchev–Trinajstić information content (AvgIpc) is 2.82. The molecule has 1 aromatic carbocycles. The van der Waals surface area contributed by atoms with Gasteiger partial charge in [0.15, 0.2) is 0 Å². The predicted molar refractivity (Wildman–Crippen MR) is 126 cm³/mol. The predicted octanol–water partition coefficient (Wildman–Crippen LogP) is 3.69. The molecular formula is C24H25N7O3. The summed E-state index contributed by atoms with van der Waals surface area (Å²) in [4.78, 5) is 26.3. The molecule has 1 amide bonds. The van der Waals surface area contributed by atoms with Crippen molar-refractivity contribution in [1.82, 2.24) is 15.0 Å². The number of carbonyl (C=O) groups excluding carboxylic acids is 1. The van der Waals surface area contributed by atoms with Gasteiger partial charge in [-0.3, -0.25) is 0 Å². The summed E-state index contributed by atoms with van der Waals surface area (Å²) in [7, 11) is 0. The highest BCUT2D eigenvalue weighted by atomic mass is 16.6. The Morgan fingerprint density at radius 2 is 1.88 bits per heavy atom. The number of nitrogens with zero attached hydrogens (tertiary/aromatic N) is 5. The van der Waals surface area contributed by atoms with Gasteiger partial charge >= 0.3 is 6.09 Å². The van der Waals surface area contributed by atoms with E-state index in [0.29, 0.717) is 23.1 Å².